The van der Waals surface area contributed by atoms with Crippen molar-refractivity contribution >= 4 is 23.7 Å². The van der Waals surface area contributed by atoms with Crippen molar-refractivity contribution in [3.63, 3.8) is 0 Å². The van der Waals surface area contributed by atoms with Crippen molar-refractivity contribution in [2.24, 2.45) is 32.5 Å². The molecule has 0 radical (unpaired) electrons. The van der Waals surface area contributed by atoms with E-state index in [-0.39, 0.29) is 24.0 Å². The molecule has 1 fully saturated rings. The van der Waals surface area contributed by atoms with Crippen molar-refractivity contribution in [3.05, 3.63) is 106 Å². The number of fused-ring (bicyclic) bond motifs is 1. The third kappa shape index (κ3) is 6.34. The topological polar surface area (TPSA) is 92.2 Å². The lowest BCUT2D eigenvalue weighted by molar-refractivity contribution is -0.119. The zero-order valence-corrected chi connectivity index (χ0v) is 24.8. The zero-order valence-electron chi connectivity index (χ0n) is 24.8. The molecule has 6 nitrogen and oxygen atoms in total. The number of amidine groups is 1. The van der Waals surface area contributed by atoms with Gasteiger partial charge >= 0.3 is 0 Å². The van der Waals surface area contributed by atoms with E-state index in [9.17, 15) is 4.79 Å². The number of nitrogens with two attached hydrogens (primary N) is 1. The van der Waals surface area contributed by atoms with E-state index in [2.05, 4.69) is 72.1 Å². The van der Waals surface area contributed by atoms with E-state index >= 15 is 0 Å². The van der Waals surface area contributed by atoms with Gasteiger partial charge in [0.25, 0.3) is 0 Å². The molecule has 1 amide bonds. The monoisotopic (exact) mass is 571 g/mol. The molecule has 1 saturated carbocycles. The predicted molar refractivity (Wildman–Crippen MR) is 175 cm³/mol. The molecule has 7 rings (SSSR count). The molecular weight excluding hydrogens is 530 g/mol. The maximum atomic E-state index is 11.3. The lowest BCUT2D eigenvalue weighted by Gasteiger charge is -2.31. The minimum Gasteiger partial charge on any atom is -0.370 e. The van der Waals surface area contributed by atoms with E-state index in [0.717, 1.165) is 50.8 Å². The number of nitrogens with zero attached hydrogens (tertiary/aromatic N) is 3. The first-order valence-electron chi connectivity index (χ1n) is 16.1. The highest BCUT2D eigenvalue weighted by Crippen LogP contribution is 2.38. The molecular formula is C37H41N5O. The summed E-state index contributed by atoms with van der Waals surface area (Å²) < 4.78 is 0. The largest absolute Gasteiger partial charge is 0.370 e. The standard InChI is InChI=1S/C37H41N5O/c38-36(43)19-25-6-8-26(9-7-25)27-10-12-28(13-11-27)33-16-15-30(22-40-33)37-41-34-17-14-29(21-35(34)42-37)31-20-32(39-23-31)18-24-4-2-1-3-5-24/h1-5,10,12,14,17,20-23,25-26,32,34-35H,6-9,11,13,15-16,18-19H2,(H2,38,43)(H,41,42). The third-order valence-electron chi connectivity index (χ3n) is 9.90. The Morgan fingerprint density at radius 3 is 2.51 bits per heavy atom. The highest BCUT2D eigenvalue weighted by Gasteiger charge is 2.31. The van der Waals surface area contributed by atoms with Gasteiger partial charge in [0, 0.05) is 30.1 Å². The summed E-state index contributed by atoms with van der Waals surface area (Å²) in [7, 11) is 0. The SMILES string of the molecule is NC(=O)CC1CCC(C2=CC=C(C3=NC=C(C4=NC5C=CC(C6=CC(Cc7ccccc7)N=C6)=CC5N4)CC3)CC2)CC1. The fourth-order valence-corrected chi connectivity index (χ4v) is 7.46. The predicted octanol–water partition coefficient (Wildman–Crippen LogP) is 6.29. The quantitative estimate of drug-likeness (QED) is 0.384. The van der Waals surface area contributed by atoms with Crippen LogP contribution in [0.15, 0.2) is 116 Å². The molecule has 6 aliphatic rings. The Bertz CT molecular complexity index is 1540. The van der Waals surface area contributed by atoms with Crippen LogP contribution in [-0.4, -0.2) is 41.8 Å². The maximum absolute atomic E-state index is 11.3. The molecule has 3 heterocycles. The summed E-state index contributed by atoms with van der Waals surface area (Å²) in [6, 6.07) is 11.1. The van der Waals surface area contributed by atoms with E-state index in [4.69, 9.17) is 20.7 Å². The Morgan fingerprint density at radius 2 is 1.77 bits per heavy atom. The number of rotatable bonds is 8. The lowest BCUT2D eigenvalue weighted by Crippen LogP contribution is -2.34. The normalized spacial score (nSPS) is 29.8. The van der Waals surface area contributed by atoms with Gasteiger partial charge in [-0.3, -0.25) is 19.8 Å². The molecule has 3 unspecified atom stereocenters. The number of benzene rings is 1. The summed E-state index contributed by atoms with van der Waals surface area (Å²) in [6.07, 6.45) is 28.0. The Kier molecular flexibility index (Phi) is 7.92. The molecule has 43 heavy (non-hydrogen) atoms. The van der Waals surface area contributed by atoms with Crippen LogP contribution >= 0.6 is 0 Å². The van der Waals surface area contributed by atoms with Crippen molar-refractivity contribution in [2.45, 2.75) is 82.3 Å². The van der Waals surface area contributed by atoms with Gasteiger partial charge in [0.05, 0.1) is 18.1 Å². The summed E-state index contributed by atoms with van der Waals surface area (Å²) in [6.45, 7) is 0. The van der Waals surface area contributed by atoms with Crippen LogP contribution in [-0.2, 0) is 11.2 Å². The number of amides is 1. The molecule has 3 aliphatic carbocycles. The molecule has 3 N–H and O–H groups in total. The van der Waals surface area contributed by atoms with Crippen LogP contribution in [0.4, 0.5) is 0 Å². The van der Waals surface area contributed by atoms with Crippen LogP contribution < -0.4 is 11.1 Å². The third-order valence-corrected chi connectivity index (χ3v) is 9.90. The summed E-state index contributed by atoms with van der Waals surface area (Å²) >= 11 is 0. The second-order valence-electron chi connectivity index (χ2n) is 12.8. The Morgan fingerprint density at radius 1 is 0.930 bits per heavy atom. The first kappa shape index (κ1) is 27.8. The fraction of sp³-hybridized carbons (Fsp3) is 0.405. The molecule has 0 aromatic heterocycles. The van der Waals surface area contributed by atoms with E-state index in [0.29, 0.717) is 18.3 Å². The minimum absolute atomic E-state index is 0.125. The van der Waals surface area contributed by atoms with Crippen LogP contribution in [0, 0.1) is 11.8 Å². The number of aliphatic imine (C=N–C) groups is 3. The van der Waals surface area contributed by atoms with Gasteiger partial charge in [-0.2, -0.15) is 0 Å². The van der Waals surface area contributed by atoms with Crippen LogP contribution in [0.2, 0.25) is 0 Å². The molecule has 1 aromatic carbocycles. The number of carbonyl (C=O) groups excluding carboxylic acids is 1. The maximum Gasteiger partial charge on any atom is 0.217 e. The van der Waals surface area contributed by atoms with Gasteiger partial charge in [-0.25, -0.2) is 0 Å². The van der Waals surface area contributed by atoms with Crippen LogP contribution in [0.1, 0.15) is 63.4 Å². The van der Waals surface area contributed by atoms with E-state index in [1.807, 2.05) is 12.4 Å². The molecule has 220 valence electrons. The average molecular weight is 572 g/mol. The molecule has 0 saturated heterocycles. The summed E-state index contributed by atoms with van der Waals surface area (Å²) in [5.41, 5.74) is 14.5. The van der Waals surface area contributed by atoms with Crippen molar-refractivity contribution in [2.75, 3.05) is 0 Å². The minimum atomic E-state index is -0.157. The van der Waals surface area contributed by atoms with Gasteiger partial charge in [-0.05, 0) is 91.9 Å². The number of hydrogen-bond donors (Lipinski definition) is 2. The Labute approximate surface area is 254 Å². The second-order valence-corrected chi connectivity index (χ2v) is 12.8. The summed E-state index contributed by atoms with van der Waals surface area (Å²) in [4.78, 5) is 26.0. The molecule has 3 aliphatic heterocycles. The first-order chi connectivity index (χ1) is 21.1. The van der Waals surface area contributed by atoms with Gasteiger partial charge < -0.3 is 11.1 Å². The first-order valence-corrected chi connectivity index (χ1v) is 16.1. The van der Waals surface area contributed by atoms with Crippen LogP contribution in [0.3, 0.4) is 0 Å². The van der Waals surface area contributed by atoms with Crippen molar-refractivity contribution in [1.29, 1.82) is 0 Å². The van der Waals surface area contributed by atoms with E-state index in [1.165, 1.54) is 46.4 Å². The summed E-state index contributed by atoms with van der Waals surface area (Å²) in [5, 5.41) is 3.68. The molecule has 3 atom stereocenters. The van der Waals surface area contributed by atoms with Crippen molar-refractivity contribution in [3.8, 4) is 0 Å². The number of primary amides is 1. The highest BCUT2D eigenvalue weighted by molar-refractivity contribution is 6.06. The van der Waals surface area contributed by atoms with E-state index in [1.54, 1.807) is 5.57 Å². The second kappa shape index (κ2) is 12.3. The molecule has 6 heteroatoms. The smallest absolute Gasteiger partial charge is 0.217 e. The van der Waals surface area contributed by atoms with Crippen molar-refractivity contribution < 1.29 is 4.79 Å². The van der Waals surface area contributed by atoms with Gasteiger partial charge in [-0.15, -0.1) is 0 Å². The lowest BCUT2D eigenvalue weighted by atomic mass is 9.75. The number of nitrogens with one attached hydrogen (secondary N) is 1. The fourth-order valence-electron chi connectivity index (χ4n) is 7.46. The van der Waals surface area contributed by atoms with Gasteiger partial charge in [0.2, 0.25) is 5.91 Å². The van der Waals surface area contributed by atoms with Crippen molar-refractivity contribution in [1.82, 2.24) is 5.32 Å². The number of hydrogen-bond acceptors (Lipinski definition) is 5. The van der Waals surface area contributed by atoms with Crippen LogP contribution in [0.5, 0.6) is 0 Å². The number of allylic oxidation sites excluding steroid dienone is 7. The average Bonchev–Trinajstić information content (AvgIpc) is 3.69. The van der Waals surface area contributed by atoms with Gasteiger partial charge in [-0.1, -0.05) is 72.4 Å². The van der Waals surface area contributed by atoms with Crippen LogP contribution in [0.25, 0.3) is 0 Å². The van der Waals surface area contributed by atoms with Gasteiger partial charge in [0.1, 0.15) is 5.84 Å². The molecule has 1 aromatic rings. The van der Waals surface area contributed by atoms with Gasteiger partial charge in [0.15, 0.2) is 0 Å². The molecule has 0 bridgehead atoms. The van der Waals surface area contributed by atoms with E-state index < -0.39 is 0 Å². The summed E-state index contributed by atoms with van der Waals surface area (Å²) in [5.74, 6) is 1.97. The highest BCUT2D eigenvalue weighted by atomic mass is 16.1. The Balaban J connectivity index is 0.950. The zero-order chi connectivity index (χ0) is 29.2. The molecule has 0 spiro atoms. The Hall–Kier alpha value is -4.06. The number of carbonyl (C=O) groups is 1.